The molecule has 1 aromatic rings. The topological polar surface area (TPSA) is 69.6 Å². The Hall–Kier alpha value is -2.40. The smallest absolute Gasteiger partial charge is 0.335 e. The number of aromatic carboxylic acids is 1. The number of carbonyl (C=O) groups is 2. The normalized spacial score (nSPS) is 39.1. The van der Waals surface area contributed by atoms with Gasteiger partial charge in [0.2, 0.25) is 5.91 Å². The predicted molar refractivity (Wildman–Crippen MR) is 187 cm³/mol. The van der Waals surface area contributed by atoms with Crippen molar-refractivity contribution in [3.8, 4) is 0 Å². The molecule has 0 heterocycles. The van der Waals surface area contributed by atoms with Crippen molar-refractivity contribution in [2.75, 3.05) is 27.2 Å². The highest BCUT2D eigenvalue weighted by Crippen LogP contribution is 2.76. The lowest BCUT2D eigenvalue weighted by Gasteiger charge is -2.70. The van der Waals surface area contributed by atoms with Crippen LogP contribution in [0.1, 0.15) is 122 Å². The predicted octanol–water partition coefficient (Wildman–Crippen LogP) is 8.86. The monoisotopic (exact) mass is 628 g/mol. The summed E-state index contributed by atoms with van der Waals surface area (Å²) in [4.78, 5) is 27.9. The molecule has 2 N–H and O–H groups in total. The lowest BCUT2D eigenvalue weighted by Crippen LogP contribution is -2.64. The molecule has 0 aromatic heterocycles. The van der Waals surface area contributed by atoms with Crippen LogP contribution in [0, 0.1) is 50.2 Å². The van der Waals surface area contributed by atoms with E-state index in [4.69, 9.17) is 0 Å². The number of carboxylic acid groups (broad SMARTS) is 1. The molecule has 7 atom stereocenters. The molecule has 0 aliphatic heterocycles. The molecule has 0 saturated heterocycles. The third-order valence-corrected chi connectivity index (χ3v) is 15.0. The lowest BCUT2D eigenvalue weighted by molar-refractivity contribution is -0.167. The summed E-state index contributed by atoms with van der Waals surface area (Å²) >= 11 is 0. The molecule has 5 aliphatic carbocycles. The summed E-state index contributed by atoms with van der Waals surface area (Å²) in [6.45, 7) is 19.2. The van der Waals surface area contributed by atoms with Crippen LogP contribution in [0.2, 0.25) is 0 Å². The van der Waals surface area contributed by atoms with Crippen molar-refractivity contribution >= 4 is 17.4 Å². The second-order valence-electron chi connectivity index (χ2n) is 18.4. The van der Waals surface area contributed by atoms with Crippen molar-refractivity contribution in [1.29, 1.82) is 0 Å². The zero-order chi connectivity index (χ0) is 33.5. The molecule has 3 saturated carbocycles. The van der Waals surface area contributed by atoms with Crippen molar-refractivity contribution in [2.45, 2.75) is 106 Å². The molecule has 0 radical (unpaired) electrons. The fourth-order valence-corrected chi connectivity index (χ4v) is 12.1. The van der Waals surface area contributed by atoms with Crippen LogP contribution >= 0.6 is 0 Å². The van der Waals surface area contributed by atoms with E-state index in [1.165, 1.54) is 18.4 Å². The lowest BCUT2D eigenvalue weighted by atomic mass is 9.33. The molecule has 3 fully saturated rings. The van der Waals surface area contributed by atoms with E-state index < -0.39 is 5.97 Å². The van der Waals surface area contributed by atoms with Crippen LogP contribution in [0.25, 0.3) is 5.57 Å². The van der Waals surface area contributed by atoms with Crippen molar-refractivity contribution in [1.82, 2.24) is 10.2 Å². The van der Waals surface area contributed by atoms with Gasteiger partial charge in [0.05, 0.1) is 11.0 Å². The minimum atomic E-state index is -0.873. The summed E-state index contributed by atoms with van der Waals surface area (Å²) in [6.07, 6.45) is 15.1. The average Bonchev–Trinajstić information content (AvgIpc) is 2.97. The van der Waals surface area contributed by atoms with Gasteiger partial charge in [-0.3, -0.25) is 4.79 Å². The number of hydrogen-bond acceptors (Lipinski definition) is 3. The number of carboxylic acids is 1. The van der Waals surface area contributed by atoms with Gasteiger partial charge in [-0.1, -0.05) is 78.3 Å². The van der Waals surface area contributed by atoms with Crippen LogP contribution in [0.5, 0.6) is 0 Å². The maximum Gasteiger partial charge on any atom is 0.335 e. The molecule has 252 valence electrons. The van der Waals surface area contributed by atoms with E-state index in [9.17, 15) is 14.7 Å². The zero-order valence-corrected chi connectivity index (χ0v) is 30.2. The maximum absolute atomic E-state index is 14.2. The Balaban J connectivity index is 1.35. The summed E-state index contributed by atoms with van der Waals surface area (Å²) in [5.41, 5.74) is 4.92. The quantitative estimate of drug-likeness (QED) is 0.309. The van der Waals surface area contributed by atoms with Gasteiger partial charge in [0.1, 0.15) is 0 Å². The van der Waals surface area contributed by atoms with Gasteiger partial charge in [-0.25, -0.2) is 4.79 Å². The number of rotatable bonds is 6. The van der Waals surface area contributed by atoms with Crippen LogP contribution in [0.4, 0.5) is 0 Å². The fourth-order valence-electron chi connectivity index (χ4n) is 12.1. The van der Waals surface area contributed by atoms with Gasteiger partial charge < -0.3 is 15.3 Å². The highest BCUT2D eigenvalue weighted by Gasteiger charge is 2.68. The summed E-state index contributed by atoms with van der Waals surface area (Å²) in [7, 11) is 4.15. The van der Waals surface area contributed by atoms with Crippen molar-refractivity contribution in [2.24, 2.45) is 50.2 Å². The molecule has 1 aromatic carbocycles. The van der Waals surface area contributed by atoms with Crippen molar-refractivity contribution in [3.05, 3.63) is 53.1 Å². The molecule has 5 nitrogen and oxygen atoms in total. The first-order valence-corrected chi connectivity index (χ1v) is 18.1. The molecule has 0 bridgehead atoms. The third kappa shape index (κ3) is 4.88. The van der Waals surface area contributed by atoms with Gasteiger partial charge in [-0.2, -0.15) is 0 Å². The summed E-state index contributed by atoms with van der Waals surface area (Å²) in [5.74, 6) is 0.888. The number of benzene rings is 1. The number of amides is 1. The van der Waals surface area contributed by atoms with Crippen molar-refractivity contribution in [3.63, 3.8) is 0 Å². The van der Waals surface area contributed by atoms with E-state index in [-0.39, 0.29) is 32.5 Å². The third-order valence-electron chi connectivity index (χ3n) is 15.0. The highest BCUT2D eigenvalue weighted by atomic mass is 16.4. The molecule has 46 heavy (non-hydrogen) atoms. The van der Waals surface area contributed by atoms with Crippen molar-refractivity contribution < 1.29 is 14.7 Å². The molecule has 5 heteroatoms. The minimum absolute atomic E-state index is 0.0102. The Bertz CT molecular complexity index is 1450. The molecule has 6 rings (SSSR count). The van der Waals surface area contributed by atoms with Gasteiger partial charge in [-0.05, 0) is 140 Å². The SMILES string of the molecule is CN(C)CCNC(=O)[C@]12CCC(C)(C)C[C@H]1C1=CC[C@@H]3[C@@]4(C)CC=C(c5ccc(C(=O)O)cc5)C(C)(C)[C@@H]4CC[C@@]3(C)[C@]1(C)CC2. The first-order chi connectivity index (χ1) is 21.4. The Labute approximate surface area is 278 Å². The van der Waals surface area contributed by atoms with Gasteiger partial charge >= 0.3 is 5.97 Å². The fraction of sp³-hybridized carbons (Fsp3) is 0.707. The molecule has 0 spiro atoms. The number of hydrogen-bond donors (Lipinski definition) is 2. The zero-order valence-electron chi connectivity index (χ0n) is 30.2. The maximum atomic E-state index is 14.2. The van der Waals surface area contributed by atoms with Gasteiger partial charge in [0.15, 0.2) is 0 Å². The number of nitrogens with one attached hydrogen (secondary N) is 1. The Kier molecular flexibility index (Phi) is 8.06. The number of likely N-dealkylation sites (N-methyl/N-ethyl adjacent to an activating group) is 1. The molecule has 1 amide bonds. The second kappa shape index (κ2) is 11.1. The van der Waals surface area contributed by atoms with Crippen LogP contribution < -0.4 is 5.32 Å². The van der Waals surface area contributed by atoms with Crippen LogP contribution in [-0.2, 0) is 4.79 Å². The first kappa shape index (κ1) is 33.5. The van der Waals surface area contributed by atoms with Gasteiger partial charge in [0.25, 0.3) is 0 Å². The number of allylic oxidation sites excluding steroid dienone is 4. The Morgan fingerprint density at radius 2 is 1.57 bits per heavy atom. The summed E-state index contributed by atoms with van der Waals surface area (Å²) in [5, 5.41) is 12.9. The number of carbonyl (C=O) groups excluding carboxylic acids is 1. The van der Waals surface area contributed by atoms with E-state index in [1.54, 1.807) is 17.7 Å². The highest BCUT2D eigenvalue weighted by molar-refractivity contribution is 5.88. The molecule has 0 unspecified atom stereocenters. The number of fused-ring (bicyclic) bond motifs is 7. The van der Waals surface area contributed by atoms with Crippen LogP contribution in [0.15, 0.2) is 42.0 Å². The van der Waals surface area contributed by atoms with E-state index >= 15 is 0 Å². The standard InChI is InChI=1S/C41H60N2O3/c1-36(2)20-22-41(35(46)42-24-25-43(8)9)23-21-39(6)30(31(41)26-36)14-15-33-38(5)18-16-29(27-10-12-28(13-11-27)34(44)45)37(3,4)32(38)17-19-40(33,39)7/h10-14,16,31-33H,15,17-26H2,1-9H3,(H,42,46)(H,44,45)/t31-,32-,33+,38-,39+,40+,41-/m0/s1. The Morgan fingerprint density at radius 3 is 2.22 bits per heavy atom. The molecular formula is C41H60N2O3. The van der Waals surface area contributed by atoms with E-state index in [1.807, 2.05) is 12.1 Å². The van der Waals surface area contributed by atoms with Gasteiger partial charge in [-0.15, -0.1) is 0 Å². The van der Waals surface area contributed by atoms with E-state index in [0.29, 0.717) is 35.8 Å². The average molecular weight is 629 g/mol. The van der Waals surface area contributed by atoms with Gasteiger partial charge in [0, 0.05) is 13.1 Å². The molecule has 5 aliphatic rings. The summed E-state index contributed by atoms with van der Waals surface area (Å²) in [6, 6.07) is 7.54. The summed E-state index contributed by atoms with van der Waals surface area (Å²) < 4.78 is 0. The van der Waals surface area contributed by atoms with E-state index in [2.05, 4.69) is 84.9 Å². The minimum Gasteiger partial charge on any atom is -0.478 e. The largest absolute Gasteiger partial charge is 0.478 e. The van der Waals surface area contributed by atoms with E-state index in [0.717, 1.165) is 57.1 Å². The second-order valence-corrected chi connectivity index (χ2v) is 18.4. The Morgan fingerprint density at radius 1 is 0.891 bits per heavy atom. The number of nitrogens with zero attached hydrogens (tertiary/aromatic N) is 1. The van der Waals surface area contributed by atoms with Crippen LogP contribution in [-0.4, -0.2) is 49.1 Å². The van der Waals surface area contributed by atoms with Crippen LogP contribution in [0.3, 0.4) is 0 Å². The molecular weight excluding hydrogens is 568 g/mol. The first-order valence-electron chi connectivity index (χ1n) is 18.1.